The van der Waals surface area contributed by atoms with Crippen molar-refractivity contribution in [1.82, 2.24) is 25.6 Å². The number of ether oxygens (including phenoxy) is 1. The first-order valence-corrected chi connectivity index (χ1v) is 7.56. The molecule has 1 fully saturated rings. The Kier molecular flexibility index (Phi) is 5.30. The van der Waals surface area contributed by atoms with Gasteiger partial charge >= 0.3 is 0 Å². The third-order valence-corrected chi connectivity index (χ3v) is 3.64. The predicted octanol–water partition coefficient (Wildman–Crippen LogP) is 0.748. The highest BCUT2D eigenvalue weighted by Crippen LogP contribution is 2.17. The van der Waals surface area contributed by atoms with Crippen molar-refractivity contribution in [3.05, 3.63) is 11.9 Å². The molecule has 0 saturated carbocycles. The molecule has 0 bridgehead atoms. The van der Waals surface area contributed by atoms with Gasteiger partial charge < -0.3 is 15.4 Å². The van der Waals surface area contributed by atoms with Gasteiger partial charge in [-0.2, -0.15) is 0 Å². The van der Waals surface area contributed by atoms with Crippen LogP contribution in [-0.2, 0) is 4.74 Å². The standard InChI is InChI=1S/C14H25N5O2/c1-4-21-14(2,3)10-16-13(20)12-9-19(18-17-12)11-5-7-15-8-6-11/h9,11,15H,4-8,10H2,1-3H3,(H,16,20). The van der Waals surface area contributed by atoms with Crippen molar-refractivity contribution in [2.24, 2.45) is 0 Å². The number of amides is 1. The second-order valence-electron chi connectivity index (χ2n) is 5.94. The van der Waals surface area contributed by atoms with Crippen molar-refractivity contribution in [2.45, 2.75) is 45.3 Å². The summed E-state index contributed by atoms with van der Waals surface area (Å²) in [6.07, 6.45) is 3.77. The molecule has 0 atom stereocenters. The van der Waals surface area contributed by atoms with E-state index in [9.17, 15) is 4.79 Å². The van der Waals surface area contributed by atoms with Gasteiger partial charge in [-0.1, -0.05) is 5.21 Å². The van der Waals surface area contributed by atoms with E-state index in [-0.39, 0.29) is 11.5 Å². The molecule has 1 aromatic heterocycles. The van der Waals surface area contributed by atoms with Crippen LogP contribution in [0.5, 0.6) is 0 Å². The molecule has 0 aromatic carbocycles. The Bertz CT molecular complexity index is 466. The quantitative estimate of drug-likeness (QED) is 0.809. The largest absolute Gasteiger partial charge is 0.374 e. The van der Waals surface area contributed by atoms with Gasteiger partial charge in [-0.3, -0.25) is 4.79 Å². The molecular formula is C14H25N5O2. The fraction of sp³-hybridized carbons (Fsp3) is 0.786. The summed E-state index contributed by atoms with van der Waals surface area (Å²) < 4.78 is 7.36. The molecule has 1 saturated heterocycles. The minimum Gasteiger partial charge on any atom is -0.374 e. The van der Waals surface area contributed by atoms with Crippen LogP contribution in [0.25, 0.3) is 0 Å². The van der Waals surface area contributed by atoms with E-state index in [1.54, 1.807) is 6.20 Å². The summed E-state index contributed by atoms with van der Waals surface area (Å²) in [6, 6.07) is 0.333. The fourth-order valence-electron chi connectivity index (χ4n) is 2.46. The van der Waals surface area contributed by atoms with Crippen LogP contribution < -0.4 is 10.6 Å². The van der Waals surface area contributed by atoms with Crippen LogP contribution in [0.15, 0.2) is 6.20 Å². The number of aromatic nitrogens is 3. The molecule has 21 heavy (non-hydrogen) atoms. The zero-order chi connectivity index (χ0) is 15.3. The van der Waals surface area contributed by atoms with E-state index in [0.29, 0.717) is 24.9 Å². The summed E-state index contributed by atoms with van der Waals surface area (Å²) in [5, 5.41) is 14.2. The molecule has 0 radical (unpaired) electrons. The monoisotopic (exact) mass is 295 g/mol. The Labute approximate surface area is 125 Å². The number of hydrogen-bond acceptors (Lipinski definition) is 5. The normalized spacial score (nSPS) is 16.9. The van der Waals surface area contributed by atoms with Gasteiger partial charge in [-0.25, -0.2) is 4.68 Å². The van der Waals surface area contributed by atoms with Crippen molar-refractivity contribution >= 4 is 5.91 Å². The molecule has 1 aliphatic rings. The number of hydrogen-bond donors (Lipinski definition) is 2. The minimum absolute atomic E-state index is 0.206. The van der Waals surface area contributed by atoms with Crippen molar-refractivity contribution in [1.29, 1.82) is 0 Å². The first kappa shape index (κ1) is 15.9. The van der Waals surface area contributed by atoms with Gasteiger partial charge in [0, 0.05) is 13.2 Å². The van der Waals surface area contributed by atoms with Crippen LogP contribution in [-0.4, -0.2) is 52.7 Å². The van der Waals surface area contributed by atoms with Crippen LogP contribution in [0.1, 0.15) is 50.1 Å². The summed E-state index contributed by atoms with van der Waals surface area (Å²) in [7, 11) is 0. The topological polar surface area (TPSA) is 81.1 Å². The van der Waals surface area contributed by atoms with E-state index in [4.69, 9.17) is 4.74 Å². The number of rotatable bonds is 6. The maximum absolute atomic E-state index is 12.1. The number of piperidine rings is 1. The summed E-state index contributed by atoms with van der Waals surface area (Å²) in [5.41, 5.74) is -0.0176. The van der Waals surface area contributed by atoms with Crippen molar-refractivity contribution in [2.75, 3.05) is 26.2 Å². The Morgan fingerprint density at radius 1 is 1.52 bits per heavy atom. The van der Waals surface area contributed by atoms with Gasteiger partial charge in [0.15, 0.2) is 5.69 Å². The van der Waals surface area contributed by atoms with E-state index in [0.717, 1.165) is 25.9 Å². The van der Waals surface area contributed by atoms with E-state index in [1.165, 1.54) is 0 Å². The average molecular weight is 295 g/mol. The molecule has 2 N–H and O–H groups in total. The lowest BCUT2D eigenvalue weighted by Crippen LogP contribution is -2.40. The highest BCUT2D eigenvalue weighted by atomic mass is 16.5. The van der Waals surface area contributed by atoms with Gasteiger partial charge in [-0.05, 0) is 46.7 Å². The predicted molar refractivity (Wildman–Crippen MR) is 79.2 cm³/mol. The molecular weight excluding hydrogens is 270 g/mol. The summed E-state index contributed by atoms with van der Waals surface area (Å²) >= 11 is 0. The van der Waals surface area contributed by atoms with Gasteiger partial charge in [-0.15, -0.1) is 5.10 Å². The van der Waals surface area contributed by atoms with Crippen LogP contribution in [0, 0.1) is 0 Å². The van der Waals surface area contributed by atoms with Gasteiger partial charge in [0.1, 0.15) is 0 Å². The zero-order valence-corrected chi connectivity index (χ0v) is 13.1. The maximum Gasteiger partial charge on any atom is 0.273 e. The first-order valence-electron chi connectivity index (χ1n) is 7.56. The Hall–Kier alpha value is -1.47. The molecule has 118 valence electrons. The van der Waals surface area contributed by atoms with Crippen molar-refractivity contribution < 1.29 is 9.53 Å². The molecule has 2 rings (SSSR count). The van der Waals surface area contributed by atoms with Gasteiger partial charge in [0.25, 0.3) is 5.91 Å². The Balaban J connectivity index is 1.89. The third-order valence-electron chi connectivity index (χ3n) is 3.64. The van der Waals surface area contributed by atoms with E-state index in [2.05, 4.69) is 20.9 Å². The summed E-state index contributed by atoms with van der Waals surface area (Å²) in [5.74, 6) is -0.206. The molecule has 1 aromatic rings. The maximum atomic E-state index is 12.1. The van der Waals surface area contributed by atoms with Crippen molar-refractivity contribution in [3.8, 4) is 0 Å². The number of carbonyl (C=O) groups excluding carboxylic acids is 1. The molecule has 0 unspecified atom stereocenters. The van der Waals surface area contributed by atoms with Gasteiger partial charge in [0.05, 0.1) is 17.8 Å². The third kappa shape index (κ3) is 4.50. The van der Waals surface area contributed by atoms with Crippen LogP contribution in [0.4, 0.5) is 0 Å². The van der Waals surface area contributed by atoms with Crippen LogP contribution in [0.2, 0.25) is 0 Å². The highest BCUT2D eigenvalue weighted by Gasteiger charge is 2.22. The molecule has 0 aliphatic carbocycles. The average Bonchev–Trinajstić information content (AvgIpc) is 2.96. The second-order valence-corrected chi connectivity index (χ2v) is 5.94. The molecule has 0 spiro atoms. The SMILES string of the molecule is CCOC(C)(C)CNC(=O)c1cn(C2CCNCC2)nn1. The molecule has 7 heteroatoms. The van der Waals surface area contributed by atoms with Gasteiger partial charge in [0.2, 0.25) is 0 Å². The smallest absolute Gasteiger partial charge is 0.273 e. The Morgan fingerprint density at radius 2 is 2.24 bits per heavy atom. The molecule has 2 heterocycles. The van der Waals surface area contributed by atoms with E-state index < -0.39 is 0 Å². The number of carbonyl (C=O) groups is 1. The highest BCUT2D eigenvalue weighted by molar-refractivity contribution is 5.91. The van der Waals surface area contributed by atoms with Crippen molar-refractivity contribution in [3.63, 3.8) is 0 Å². The summed E-state index contributed by atoms with van der Waals surface area (Å²) in [6.45, 7) is 8.86. The Morgan fingerprint density at radius 3 is 2.90 bits per heavy atom. The molecule has 7 nitrogen and oxygen atoms in total. The lowest BCUT2D eigenvalue weighted by molar-refractivity contribution is -0.00818. The zero-order valence-electron chi connectivity index (χ0n) is 13.1. The summed E-state index contributed by atoms with van der Waals surface area (Å²) in [4.78, 5) is 12.1. The van der Waals surface area contributed by atoms with Crippen LogP contribution in [0.3, 0.4) is 0 Å². The number of nitrogens with zero attached hydrogens (tertiary/aromatic N) is 3. The fourth-order valence-corrected chi connectivity index (χ4v) is 2.46. The van der Waals surface area contributed by atoms with E-state index >= 15 is 0 Å². The molecule has 1 aliphatic heterocycles. The van der Waals surface area contributed by atoms with E-state index in [1.807, 2.05) is 25.5 Å². The lowest BCUT2D eigenvalue weighted by Gasteiger charge is -2.24. The number of nitrogens with one attached hydrogen (secondary N) is 2. The lowest BCUT2D eigenvalue weighted by atomic mass is 10.1. The van der Waals surface area contributed by atoms with Crippen LogP contribution >= 0.6 is 0 Å². The molecule has 1 amide bonds. The second kappa shape index (κ2) is 7.00. The minimum atomic E-state index is -0.380. The first-order chi connectivity index (χ1) is 10.0.